The third kappa shape index (κ3) is 4.37. The maximum atomic E-state index is 12.5. The Labute approximate surface area is 148 Å². The average Bonchev–Trinajstić information content (AvgIpc) is 2.59. The molecule has 1 saturated heterocycles. The summed E-state index contributed by atoms with van der Waals surface area (Å²) in [6.07, 6.45) is 2.80. The molecule has 0 aliphatic carbocycles. The first-order valence-corrected chi connectivity index (χ1v) is 8.74. The van der Waals surface area contributed by atoms with E-state index in [4.69, 9.17) is 0 Å². The SMILES string of the molecule is C[C@H]1CN(Cc2ccccc2)C[C@H](C)C1NC(=O)c1cncc(O)c1. The van der Waals surface area contributed by atoms with Crippen molar-refractivity contribution in [1.82, 2.24) is 15.2 Å². The van der Waals surface area contributed by atoms with Gasteiger partial charge in [-0.2, -0.15) is 0 Å². The number of rotatable bonds is 4. The lowest BCUT2D eigenvalue weighted by Gasteiger charge is -2.41. The van der Waals surface area contributed by atoms with Gasteiger partial charge in [-0.05, 0) is 23.5 Å². The predicted octanol–water partition coefficient (Wildman–Crippen LogP) is 2.67. The van der Waals surface area contributed by atoms with Crippen LogP contribution in [0.1, 0.15) is 29.8 Å². The van der Waals surface area contributed by atoms with Gasteiger partial charge in [-0.25, -0.2) is 0 Å². The summed E-state index contributed by atoms with van der Waals surface area (Å²) in [6, 6.07) is 12.0. The van der Waals surface area contributed by atoms with Crippen LogP contribution in [0.25, 0.3) is 0 Å². The Morgan fingerprint density at radius 1 is 1.20 bits per heavy atom. The van der Waals surface area contributed by atoms with Crippen LogP contribution in [0, 0.1) is 11.8 Å². The Morgan fingerprint density at radius 3 is 2.52 bits per heavy atom. The number of carbonyl (C=O) groups is 1. The number of nitrogens with one attached hydrogen (secondary N) is 1. The van der Waals surface area contributed by atoms with E-state index in [0.717, 1.165) is 19.6 Å². The number of pyridine rings is 1. The van der Waals surface area contributed by atoms with Crippen molar-refractivity contribution in [2.75, 3.05) is 13.1 Å². The summed E-state index contributed by atoms with van der Waals surface area (Å²) in [5, 5.41) is 12.6. The molecule has 1 aliphatic rings. The first kappa shape index (κ1) is 17.4. The molecule has 2 N–H and O–H groups in total. The second-order valence-electron chi connectivity index (χ2n) is 7.07. The van der Waals surface area contributed by atoms with Crippen LogP contribution in [0.4, 0.5) is 0 Å². The van der Waals surface area contributed by atoms with Crippen molar-refractivity contribution >= 4 is 5.91 Å². The minimum absolute atomic E-state index is 0.00595. The summed E-state index contributed by atoms with van der Waals surface area (Å²) in [7, 11) is 0. The lowest BCUT2D eigenvalue weighted by molar-refractivity contribution is 0.0732. The normalized spacial score (nSPS) is 21.8. The quantitative estimate of drug-likeness (QED) is 0.899. The van der Waals surface area contributed by atoms with Gasteiger partial charge in [-0.3, -0.25) is 14.7 Å². The fourth-order valence-electron chi connectivity index (χ4n) is 3.72. The van der Waals surface area contributed by atoms with Gasteiger partial charge in [0.2, 0.25) is 0 Å². The van der Waals surface area contributed by atoms with Crippen LogP contribution in [0.3, 0.4) is 0 Å². The Hall–Kier alpha value is -2.40. The molecule has 3 rings (SSSR count). The third-order valence-corrected chi connectivity index (χ3v) is 4.85. The number of piperidine rings is 1. The number of amides is 1. The van der Waals surface area contributed by atoms with E-state index < -0.39 is 0 Å². The molecule has 1 fully saturated rings. The zero-order valence-electron chi connectivity index (χ0n) is 14.7. The summed E-state index contributed by atoms with van der Waals surface area (Å²) in [4.78, 5) is 18.8. The van der Waals surface area contributed by atoms with Crippen LogP contribution in [-0.4, -0.2) is 40.0 Å². The van der Waals surface area contributed by atoms with Crippen molar-refractivity contribution in [1.29, 1.82) is 0 Å². The molecule has 25 heavy (non-hydrogen) atoms. The number of aromatic nitrogens is 1. The topological polar surface area (TPSA) is 65.5 Å². The standard InChI is InChI=1S/C20H25N3O2/c1-14-11-23(13-16-6-4-3-5-7-16)12-15(2)19(14)22-20(25)17-8-18(24)10-21-9-17/h3-10,14-15,19,24H,11-13H2,1-2H3,(H,22,25)/t14-,15-/m0/s1. The molecule has 5 nitrogen and oxygen atoms in total. The number of likely N-dealkylation sites (tertiary alicyclic amines) is 1. The van der Waals surface area contributed by atoms with Crippen LogP contribution >= 0.6 is 0 Å². The molecular weight excluding hydrogens is 314 g/mol. The van der Waals surface area contributed by atoms with Gasteiger partial charge < -0.3 is 10.4 Å². The molecule has 132 valence electrons. The van der Waals surface area contributed by atoms with E-state index in [1.165, 1.54) is 24.0 Å². The van der Waals surface area contributed by atoms with Crippen molar-refractivity contribution in [3.63, 3.8) is 0 Å². The molecule has 0 bridgehead atoms. The van der Waals surface area contributed by atoms with Crippen molar-refractivity contribution in [3.8, 4) is 5.75 Å². The molecule has 1 aromatic carbocycles. The van der Waals surface area contributed by atoms with Gasteiger partial charge in [0.1, 0.15) is 5.75 Å². The van der Waals surface area contributed by atoms with Crippen LogP contribution in [-0.2, 0) is 6.54 Å². The van der Waals surface area contributed by atoms with Gasteiger partial charge >= 0.3 is 0 Å². The Bertz CT molecular complexity index is 708. The third-order valence-electron chi connectivity index (χ3n) is 4.85. The molecule has 0 radical (unpaired) electrons. The second kappa shape index (κ2) is 7.66. The van der Waals surface area contributed by atoms with Crippen molar-refractivity contribution < 1.29 is 9.90 Å². The summed E-state index contributed by atoms with van der Waals surface area (Å²) in [5.41, 5.74) is 1.71. The smallest absolute Gasteiger partial charge is 0.253 e. The zero-order chi connectivity index (χ0) is 17.8. The highest BCUT2D eigenvalue weighted by Crippen LogP contribution is 2.24. The Kier molecular flexibility index (Phi) is 5.34. The van der Waals surface area contributed by atoms with Crippen molar-refractivity contribution in [2.45, 2.75) is 26.4 Å². The minimum Gasteiger partial charge on any atom is -0.506 e. The monoisotopic (exact) mass is 339 g/mol. The molecule has 1 aliphatic heterocycles. The zero-order valence-corrected chi connectivity index (χ0v) is 14.7. The van der Waals surface area contributed by atoms with E-state index in [-0.39, 0.29) is 17.7 Å². The highest BCUT2D eigenvalue weighted by molar-refractivity contribution is 5.94. The van der Waals surface area contributed by atoms with Gasteiger partial charge in [-0.1, -0.05) is 44.2 Å². The van der Waals surface area contributed by atoms with Crippen molar-refractivity contribution in [2.24, 2.45) is 11.8 Å². The van der Waals surface area contributed by atoms with Crippen molar-refractivity contribution in [3.05, 3.63) is 59.9 Å². The van der Waals surface area contributed by atoms with E-state index in [0.29, 0.717) is 17.4 Å². The number of hydrogen-bond acceptors (Lipinski definition) is 4. The fourth-order valence-corrected chi connectivity index (χ4v) is 3.72. The summed E-state index contributed by atoms with van der Waals surface area (Å²) < 4.78 is 0. The van der Waals surface area contributed by atoms with Crippen LogP contribution in [0.2, 0.25) is 0 Å². The number of carbonyl (C=O) groups excluding carboxylic acids is 1. The number of hydrogen-bond donors (Lipinski definition) is 2. The summed E-state index contributed by atoms with van der Waals surface area (Å²) in [5.74, 6) is 0.526. The second-order valence-corrected chi connectivity index (χ2v) is 7.07. The van der Waals surface area contributed by atoms with Crippen LogP contribution in [0.15, 0.2) is 48.8 Å². The highest BCUT2D eigenvalue weighted by atomic mass is 16.3. The number of benzene rings is 1. The number of aromatic hydroxyl groups is 1. The lowest BCUT2D eigenvalue weighted by atomic mass is 9.85. The average molecular weight is 339 g/mol. The minimum atomic E-state index is -0.177. The fraction of sp³-hybridized carbons (Fsp3) is 0.400. The molecule has 0 spiro atoms. The molecule has 2 aromatic rings. The van der Waals surface area contributed by atoms with E-state index in [1.807, 2.05) is 6.07 Å². The summed E-state index contributed by atoms with van der Waals surface area (Å²) >= 11 is 0. The first-order valence-electron chi connectivity index (χ1n) is 8.74. The van der Waals surface area contributed by atoms with E-state index in [9.17, 15) is 9.90 Å². The maximum absolute atomic E-state index is 12.5. The first-order chi connectivity index (χ1) is 12.0. The molecule has 5 heteroatoms. The van der Waals surface area contributed by atoms with E-state index in [1.54, 1.807) is 0 Å². The van der Waals surface area contributed by atoms with Gasteiger partial charge in [0.15, 0.2) is 0 Å². The van der Waals surface area contributed by atoms with E-state index in [2.05, 4.69) is 53.3 Å². The predicted molar refractivity (Wildman–Crippen MR) is 97.2 cm³/mol. The highest BCUT2D eigenvalue weighted by Gasteiger charge is 2.33. The lowest BCUT2D eigenvalue weighted by Crippen LogP contribution is -2.54. The Balaban J connectivity index is 1.61. The van der Waals surface area contributed by atoms with E-state index >= 15 is 0 Å². The van der Waals surface area contributed by atoms with Gasteiger partial charge in [-0.15, -0.1) is 0 Å². The molecule has 0 unspecified atom stereocenters. The van der Waals surface area contributed by atoms with Gasteiger partial charge in [0, 0.05) is 31.9 Å². The summed E-state index contributed by atoms with van der Waals surface area (Å²) in [6.45, 7) is 7.19. The van der Waals surface area contributed by atoms with Gasteiger partial charge in [0.05, 0.1) is 11.8 Å². The molecular formula is C20H25N3O2. The van der Waals surface area contributed by atoms with Gasteiger partial charge in [0.25, 0.3) is 5.91 Å². The Morgan fingerprint density at radius 2 is 1.88 bits per heavy atom. The van der Waals surface area contributed by atoms with Crippen LogP contribution in [0.5, 0.6) is 5.75 Å². The molecule has 2 heterocycles. The molecule has 0 saturated carbocycles. The maximum Gasteiger partial charge on any atom is 0.253 e. The molecule has 1 aromatic heterocycles. The molecule has 1 amide bonds. The van der Waals surface area contributed by atoms with Crippen LogP contribution < -0.4 is 5.32 Å². The molecule has 2 atom stereocenters. The largest absolute Gasteiger partial charge is 0.506 e. The number of nitrogens with zero attached hydrogens (tertiary/aromatic N) is 2.